The van der Waals surface area contributed by atoms with E-state index >= 15 is 0 Å². The molecule has 2 aliphatic rings. The summed E-state index contributed by atoms with van der Waals surface area (Å²) in [4.78, 5) is 29.8. The van der Waals surface area contributed by atoms with Gasteiger partial charge >= 0.3 is 0 Å². The first kappa shape index (κ1) is 18.5. The van der Waals surface area contributed by atoms with Gasteiger partial charge in [-0.15, -0.1) is 5.10 Å². The lowest BCUT2D eigenvalue weighted by Crippen LogP contribution is -2.30. The summed E-state index contributed by atoms with van der Waals surface area (Å²) in [7, 11) is 0. The lowest BCUT2D eigenvalue weighted by molar-refractivity contribution is -0.121. The van der Waals surface area contributed by atoms with Crippen LogP contribution < -0.4 is 10.2 Å². The van der Waals surface area contributed by atoms with E-state index in [-0.39, 0.29) is 48.5 Å². The molecule has 2 aromatic carbocycles. The monoisotopic (exact) mass is 405 g/mol. The zero-order valence-corrected chi connectivity index (χ0v) is 16.4. The number of nitrogens with zero attached hydrogens (tertiary/aromatic N) is 4. The van der Waals surface area contributed by atoms with Crippen molar-refractivity contribution in [1.29, 1.82) is 0 Å². The zero-order chi connectivity index (χ0) is 20.8. The Balaban J connectivity index is 1.57. The van der Waals surface area contributed by atoms with Crippen LogP contribution in [0.1, 0.15) is 48.0 Å². The number of nitrogens with one attached hydrogen (secondary N) is 1. The number of aromatic nitrogens is 3. The lowest BCUT2D eigenvalue weighted by atomic mass is 9.93. The Kier molecular flexibility index (Phi) is 4.34. The molecule has 2 atom stereocenters. The summed E-state index contributed by atoms with van der Waals surface area (Å²) in [5.74, 6) is -0.339. The molecule has 1 aromatic heterocycles. The van der Waals surface area contributed by atoms with Gasteiger partial charge in [-0.2, -0.15) is 4.98 Å². The van der Waals surface area contributed by atoms with Crippen LogP contribution >= 0.6 is 0 Å². The van der Waals surface area contributed by atoms with Crippen molar-refractivity contribution < 1.29 is 14.0 Å². The molecule has 0 radical (unpaired) electrons. The smallest absolute Gasteiger partial charge is 0.260 e. The van der Waals surface area contributed by atoms with Gasteiger partial charge in [0.1, 0.15) is 5.82 Å². The minimum atomic E-state index is -0.310. The summed E-state index contributed by atoms with van der Waals surface area (Å²) in [6.45, 7) is 2.03. The van der Waals surface area contributed by atoms with Crippen LogP contribution in [0.5, 0.6) is 0 Å². The Bertz CT molecular complexity index is 1110. The number of amides is 2. The summed E-state index contributed by atoms with van der Waals surface area (Å²) < 4.78 is 15.2. The topological polar surface area (TPSA) is 80.1 Å². The molecule has 0 saturated carbocycles. The average molecular weight is 405 g/mol. The summed E-state index contributed by atoms with van der Waals surface area (Å²) in [6.07, 6.45) is 0.999. The van der Waals surface area contributed by atoms with Crippen molar-refractivity contribution in [3.63, 3.8) is 0 Å². The zero-order valence-electron chi connectivity index (χ0n) is 16.4. The van der Waals surface area contributed by atoms with Crippen LogP contribution in [0.3, 0.4) is 0 Å². The van der Waals surface area contributed by atoms with Gasteiger partial charge < -0.3 is 5.32 Å². The van der Waals surface area contributed by atoms with Gasteiger partial charge in [0.15, 0.2) is 0 Å². The second-order valence-corrected chi connectivity index (χ2v) is 7.71. The van der Waals surface area contributed by atoms with Gasteiger partial charge in [-0.3, -0.25) is 9.59 Å². The molecule has 3 heterocycles. The number of halogens is 1. The van der Waals surface area contributed by atoms with E-state index in [9.17, 15) is 14.0 Å². The van der Waals surface area contributed by atoms with Crippen LogP contribution in [-0.4, -0.2) is 26.6 Å². The van der Waals surface area contributed by atoms with Crippen molar-refractivity contribution in [2.45, 2.75) is 38.3 Å². The highest BCUT2D eigenvalue weighted by atomic mass is 19.1. The van der Waals surface area contributed by atoms with E-state index in [4.69, 9.17) is 0 Å². The highest BCUT2D eigenvalue weighted by molar-refractivity contribution is 6.18. The van der Waals surface area contributed by atoms with Crippen LogP contribution in [0.15, 0.2) is 48.5 Å². The standard InChI is InChI=1S/C22H20FN5O2/c1-13-2-4-14(5-3-13)17-12-18(15-6-8-16(23)9-7-15)28-21(24-17)25-22(26-28)27-19(29)10-11-20(27)30/h2-9,17-18H,10-12H2,1H3,(H,24,25,26). The Morgan fingerprint density at radius 3 is 2.27 bits per heavy atom. The van der Waals surface area contributed by atoms with Gasteiger partial charge in [0.2, 0.25) is 17.8 Å². The summed E-state index contributed by atoms with van der Waals surface area (Å²) in [5.41, 5.74) is 3.14. The van der Waals surface area contributed by atoms with Gasteiger partial charge in [0.05, 0.1) is 12.1 Å². The van der Waals surface area contributed by atoms with Crippen LogP contribution in [0, 0.1) is 12.7 Å². The van der Waals surface area contributed by atoms with Crippen LogP contribution in [0.4, 0.5) is 16.3 Å². The normalized spacial score (nSPS) is 20.9. The van der Waals surface area contributed by atoms with Crippen molar-refractivity contribution in [2.24, 2.45) is 0 Å². The fourth-order valence-corrected chi connectivity index (χ4v) is 4.04. The largest absolute Gasteiger partial charge is 0.347 e. The number of carbonyl (C=O) groups excluding carboxylic acids is 2. The van der Waals surface area contributed by atoms with E-state index in [2.05, 4.69) is 39.7 Å². The summed E-state index contributed by atoms with van der Waals surface area (Å²) in [5, 5.41) is 7.87. The predicted molar refractivity (Wildman–Crippen MR) is 108 cm³/mol. The first-order valence-electron chi connectivity index (χ1n) is 9.90. The van der Waals surface area contributed by atoms with Gasteiger partial charge in [0.25, 0.3) is 5.95 Å². The van der Waals surface area contributed by atoms with Crippen molar-refractivity contribution >= 4 is 23.7 Å². The van der Waals surface area contributed by atoms with E-state index < -0.39 is 0 Å². The molecular formula is C22H20FN5O2. The molecule has 152 valence electrons. The third kappa shape index (κ3) is 3.14. The maximum atomic E-state index is 13.5. The Hall–Kier alpha value is -3.55. The first-order valence-corrected chi connectivity index (χ1v) is 9.90. The highest BCUT2D eigenvalue weighted by Crippen LogP contribution is 2.39. The third-order valence-corrected chi connectivity index (χ3v) is 5.66. The molecule has 2 aliphatic heterocycles. The van der Waals surface area contributed by atoms with Gasteiger partial charge in [-0.1, -0.05) is 42.0 Å². The van der Waals surface area contributed by atoms with Crippen molar-refractivity contribution in [1.82, 2.24) is 14.8 Å². The molecular weight excluding hydrogens is 385 g/mol. The minimum absolute atomic E-state index is 0.0461. The number of benzene rings is 2. The quantitative estimate of drug-likeness (QED) is 0.675. The van der Waals surface area contributed by atoms with Gasteiger partial charge in [-0.25, -0.2) is 14.0 Å². The second kappa shape index (κ2) is 7.05. The van der Waals surface area contributed by atoms with Crippen molar-refractivity contribution in [3.8, 4) is 0 Å². The fraction of sp³-hybridized carbons (Fsp3) is 0.273. The maximum Gasteiger partial charge on any atom is 0.260 e. The second-order valence-electron chi connectivity index (χ2n) is 7.71. The molecule has 7 nitrogen and oxygen atoms in total. The molecule has 0 aliphatic carbocycles. The average Bonchev–Trinajstić information content (AvgIpc) is 3.30. The van der Waals surface area contributed by atoms with Crippen LogP contribution in [-0.2, 0) is 9.59 Å². The molecule has 1 fully saturated rings. The molecule has 8 heteroatoms. The number of aryl methyl sites for hydroxylation is 1. The molecule has 2 unspecified atom stereocenters. The van der Waals surface area contributed by atoms with Crippen LogP contribution in [0.2, 0.25) is 0 Å². The molecule has 2 amide bonds. The number of hydrogen-bond acceptors (Lipinski definition) is 5. The Labute approximate surface area is 172 Å². The number of rotatable bonds is 3. The summed E-state index contributed by atoms with van der Waals surface area (Å²) in [6, 6.07) is 14.3. The van der Waals surface area contributed by atoms with Gasteiger partial charge in [0, 0.05) is 12.8 Å². The van der Waals surface area contributed by atoms with E-state index in [1.807, 2.05) is 6.92 Å². The SMILES string of the molecule is Cc1ccc(C2CC(c3ccc(F)cc3)n3nc(N4C(=O)CCC4=O)nc3N2)cc1. The van der Waals surface area contributed by atoms with E-state index in [0.29, 0.717) is 12.4 Å². The molecule has 30 heavy (non-hydrogen) atoms. The number of anilines is 2. The molecule has 5 rings (SSSR count). The van der Waals surface area contributed by atoms with Gasteiger partial charge in [-0.05, 0) is 36.6 Å². The molecule has 3 aromatic rings. The maximum absolute atomic E-state index is 13.5. The minimum Gasteiger partial charge on any atom is -0.347 e. The lowest BCUT2D eigenvalue weighted by Gasteiger charge is -2.31. The molecule has 0 spiro atoms. The van der Waals surface area contributed by atoms with Crippen LogP contribution in [0.25, 0.3) is 0 Å². The summed E-state index contributed by atoms with van der Waals surface area (Å²) >= 11 is 0. The first-order chi connectivity index (χ1) is 14.5. The number of carbonyl (C=O) groups is 2. The van der Waals surface area contributed by atoms with Crippen molar-refractivity contribution in [2.75, 3.05) is 10.2 Å². The Morgan fingerprint density at radius 1 is 0.967 bits per heavy atom. The van der Waals surface area contributed by atoms with E-state index in [1.165, 1.54) is 17.7 Å². The molecule has 0 bridgehead atoms. The van der Waals surface area contributed by atoms with E-state index in [0.717, 1.165) is 16.0 Å². The third-order valence-electron chi connectivity index (χ3n) is 5.66. The van der Waals surface area contributed by atoms with E-state index in [1.54, 1.807) is 16.8 Å². The fourth-order valence-electron chi connectivity index (χ4n) is 4.04. The number of hydrogen-bond donors (Lipinski definition) is 1. The number of fused-ring (bicyclic) bond motifs is 1. The highest BCUT2D eigenvalue weighted by Gasteiger charge is 2.37. The molecule has 1 N–H and O–H groups in total. The Morgan fingerprint density at radius 2 is 1.60 bits per heavy atom. The predicted octanol–water partition coefficient (Wildman–Crippen LogP) is 3.53. The molecule has 1 saturated heterocycles. The number of imide groups is 1. The van der Waals surface area contributed by atoms with Crippen molar-refractivity contribution in [3.05, 3.63) is 71.0 Å².